The first-order valence-corrected chi connectivity index (χ1v) is 13.1. The molecule has 0 aliphatic carbocycles. The van der Waals surface area contributed by atoms with E-state index in [9.17, 15) is 9.59 Å². The highest BCUT2D eigenvalue weighted by atomic mass is 35.5. The van der Waals surface area contributed by atoms with Gasteiger partial charge in [0.15, 0.2) is 5.82 Å². The highest BCUT2D eigenvalue weighted by Crippen LogP contribution is 2.30. The number of nitrogens with zero attached hydrogens (tertiary/aromatic N) is 7. The molecule has 11 nitrogen and oxygen atoms in total. The molecule has 2 atom stereocenters. The van der Waals surface area contributed by atoms with Crippen LogP contribution in [0.15, 0.2) is 36.9 Å². The summed E-state index contributed by atoms with van der Waals surface area (Å²) in [4.78, 5) is 43.7. The van der Waals surface area contributed by atoms with Gasteiger partial charge in [-0.05, 0) is 46.8 Å². The molecule has 0 saturated carbocycles. The number of aryl methyl sites for hydroxylation is 1. The first-order chi connectivity index (χ1) is 18.4. The molecule has 204 valence electrons. The Balaban J connectivity index is 1.42. The molecule has 2 amide bonds. The summed E-state index contributed by atoms with van der Waals surface area (Å²) in [6, 6.07) is 3.21. The van der Waals surface area contributed by atoms with Crippen LogP contribution < -0.4 is 10.2 Å². The number of hydrogen-bond donors (Lipinski definition) is 1. The van der Waals surface area contributed by atoms with Gasteiger partial charge in [-0.25, -0.2) is 14.8 Å². The molecule has 4 heterocycles. The monoisotopic (exact) mass is 550 g/mol. The van der Waals surface area contributed by atoms with E-state index < -0.39 is 5.60 Å². The van der Waals surface area contributed by atoms with Crippen LogP contribution in [0.25, 0.3) is 21.9 Å². The van der Waals surface area contributed by atoms with Gasteiger partial charge in [-0.15, -0.1) is 0 Å². The summed E-state index contributed by atoms with van der Waals surface area (Å²) in [6.45, 7) is 10.6. The Morgan fingerprint density at radius 2 is 1.69 bits per heavy atom. The molecule has 0 spiro atoms. The molecule has 1 saturated heterocycles. The van der Waals surface area contributed by atoms with Crippen LogP contribution in [0.2, 0.25) is 5.02 Å². The normalized spacial score (nSPS) is 18.0. The molecular weight excluding hydrogens is 520 g/mol. The fourth-order valence-corrected chi connectivity index (χ4v) is 5.26. The Hall–Kier alpha value is -3.99. The average Bonchev–Trinajstić information content (AvgIpc) is 3.22. The fourth-order valence-electron chi connectivity index (χ4n) is 5.00. The smallest absolute Gasteiger partial charge is 0.410 e. The lowest BCUT2D eigenvalue weighted by molar-refractivity contribution is 0.00561. The molecule has 1 N–H and O–H groups in total. The number of nitrogens with one attached hydrogen (secondary N) is 1. The number of rotatable bonds is 3. The van der Waals surface area contributed by atoms with Crippen LogP contribution in [0.3, 0.4) is 0 Å². The lowest BCUT2D eigenvalue weighted by atomic mass is 10.1. The summed E-state index contributed by atoms with van der Waals surface area (Å²) in [5.74, 6) is 0.229. The quantitative estimate of drug-likeness (QED) is 0.391. The highest BCUT2D eigenvalue weighted by molar-refractivity contribution is 6.35. The Bertz CT molecular complexity index is 1570. The van der Waals surface area contributed by atoms with Crippen LogP contribution in [0.1, 0.15) is 45.0 Å². The summed E-state index contributed by atoms with van der Waals surface area (Å²) in [5.41, 5.74) is 1.85. The maximum absolute atomic E-state index is 13.3. The third-order valence-electron chi connectivity index (χ3n) is 6.48. The summed E-state index contributed by atoms with van der Waals surface area (Å²) >= 11 is 6.39. The number of hydrogen-bond acceptors (Lipinski definition) is 8. The number of amides is 2. The number of anilines is 2. The van der Waals surface area contributed by atoms with Gasteiger partial charge >= 0.3 is 6.09 Å². The van der Waals surface area contributed by atoms with Gasteiger partial charge < -0.3 is 15.0 Å². The number of piperazine rings is 1. The van der Waals surface area contributed by atoms with E-state index in [1.54, 1.807) is 28.0 Å². The Morgan fingerprint density at radius 1 is 1.03 bits per heavy atom. The van der Waals surface area contributed by atoms with Crippen LogP contribution in [0, 0.1) is 0 Å². The minimum absolute atomic E-state index is 0.132. The van der Waals surface area contributed by atoms with E-state index in [-0.39, 0.29) is 29.6 Å². The number of carbonyl (C=O) groups is 2. The Morgan fingerprint density at radius 3 is 2.36 bits per heavy atom. The summed E-state index contributed by atoms with van der Waals surface area (Å²) < 4.78 is 7.30. The number of pyridine rings is 1. The van der Waals surface area contributed by atoms with E-state index in [4.69, 9.17) is 16.3 Å². The highest BCUT2D eigenvalue weighted by Gasteiger charge is 2.36. The molecule has 1 aliphatic heterocycles. The second-order valence-electron chi connectivity index (χ2n) is 10.9. The predicted molar refractivity (Wildman–Crippen MR) is 150 cm³/mol. The van der Waals surface area contributed by atoms with Crippen molar-refractivity contribution in [3.8, 4) is 0 Å². The molecular formula is C27H31ClN8O3. The number of benzene rings is 1. The zero-order valence-electron chi connectivity index (χ0n) is 22.8. The Kier molecular flexibility index (Phi) is 6.79. The van der Waals surface area contributed by atoms with E-state index in [0.717, 1.165) is 5.39 Å². The van der Waals surface area contributed by atoms with Gasteiger partial charge in [-0.3, -0.25) is 19.4 Å². The first-order valence-electron chi connectivity index (χ1n) is 12.7. The van der Waals surface area contributed by atoms with Crippen LogP contribution in [0.4, 0.5) is 16.3 Å². The standard InChI is InChI=1S/C27H31ClN8O3/c1-15-12-35(13-16(2)36(15)26(38)39-27(3,4)5)24-23-22(29-7-8-30-23)19(11-31-24)25(37)32-18-9-17-14-34(6)33-21(17)20(28)10-18/h7-11,14-16H,12-13H2,1-6H3,(H,32,37)/t15-,16+. The van der Waals surface area contributed by atoms with Gasteiger partial charge in [0.05, 0.1) is 22.7 Å². The largest absolute Gasteiger partial charge is 0.444 e. The second-order valence-corrected chi connectivity index (χ2v) is 11.3. The molecule has 39 heavy (non-hydrogen) atoms. The zero-order chi connectivity index (χ0) is 28.1. The number of halogens is 1. The molecule has 1 fully saturated rings. The fraction of sp³-hybridized carbons (Fsp3) is 0.407. The van der Waals surface area contributed by atoms with Crippen molar-refractivity contribution < 1.29 is 14.3 Å². The molecule has 0 radical (unpaired) electrons. The molecule has 1 aromatic carbocycles. The number of carbonyl (C=O) groups excluding carboxylic acids is 2. The molecule has 12 heteroatoms. The minimum atomic E-state index is -0.577. The Labute approximate surface area is 231 Å². The maximum atomic E-state index is 13.3. The SMILES string of the molecule is C[C@@H]1CN(c2ncc(C(=O)Nc3cc(Cl)c4nn(C)cc4c3)c3nccnc23)C[C@H](C)N1C(=O)OC(C)(C)C. The predicted octanol–water partition coefficient (Wildman–Crippen LogP) is 4.65. The van der Waals surface area contributed by atoms with Crippen molar-refractivity contribution in [3.63, 3.8) is 0 Å². The minimum Gasteiger partial charge on any atom is -0.444 e. The topological polar surface area (TPSA) is 118 Å². The van der Waals surface area contributed by atoms with Crippen molar-refractivity contribution in [2.24, 2.45) is 7.05 Å². The van der Waals surface area contributed by atoms with Crippen LogP contribution in [-0.2, 0) is 11.8 Å². The van der Waals surface area contributed by atoms with E-state index in [1.807, 2.05) is 53.9 Å². The molecule has 4 aromatic rings. The van der Waals surface area contributed by atoms with Crippen LogP contribution in [-0.4, -0.2) is 72.4 Å². The van der Waals surface area contributed by atoms with Crippen molar-refractivity contribution in [2.75, 3.05) is 23.3 Å². The van der Waals surface area contributed by atoms with Crippen molar-refractivity contribution in [1.82, 2.24) is 29.6 Å². The molecule has 0 bridgehead atoms. The lowest BCUT2D eigenvalue weighted by Gasteiger charge is -2.44. The van der Waals surface area contributed by atoms with Crippen molar-refractivity contribution in [2.45, 2.75) is 52.3 Å². The maximum Gasteiger partial charge on any atom is 0.410 e. The van der Waals surface area contributed by atoms with Crippen LogP contribution >= 0.6 is 11.6 Å². The van der Waals surface area contributed by atoms with Crippen molar-refractivity contribution in [3.05, 3.63) is 47.5 Å². The van der Waals surface area contributed by atoms with Gasteiger partial charge in [0, 0.05) is 56.0 Å². The van der Waals surface area contributed by atoms with Gasteiger partial charge in [0.2, 0.25) is 0 Å². The number of ether oxygens (including phenoxy) is 1. The second kappa shape index (κ2) is 9.96. The zero-order valence-corrected chi connectivity index (χ0v) is 23.5. The van der Waals surface area contributed by atoms with Gasteiger partial charge in [0.25, 0.3) is 5.91 Å². The first kappa shape index (κ1) is 26.6. The summed E-state index contributed by atoms with van der Waals surface area (Å²) in [7, 11) is 1.81. The molecule has 5 rings (SSSR count). The van der Waals surface area contributed by atoms with Crippen LogP contribution in [0.5, 0.6) is 0 Å². The average molecular weight is 551 g/mol. The van der Waals surface area contributed by atoms with Gasteiger partial charge in [0.1, 0.15) is 22.2 Å². The molecule has 1 aliphatic rings. The summed E-state index contributed by atoms with van der Waals surface area (Å²) in [5, 5.41) is 8.49. The van der Waals surface area contributed by atoms with E-state index in [2.05, 4.69) is 30.3 Å². The number of fused-ring (bicyclic) bond motifs is 2. The van der Waals surface area contributed by atoms with E-state index in [0.29, 0.717) is 46.2 Å². The lowest BCUT2D eigenvalue weighted by Crippen LogP contribution is -2.59. The van der Waals surface area contributed by atoms with Crippen molar-refractivity contribution >= 4 is 57.0 Å². The van der Waals surface area contributed by atoms with Crippen molar-refractivity contribution in [1.29, 1.82) is 0 Å². The third-order valence-corrected chi connectivity index (χ3v) is 6.77. The van der Waals surface area contributed by atoms with Gasteiger partial charge in [-0.1, -0.05) is 11.6 Å². The third kappa shape index (κ3) is 5.31. The molecule has 0 unspecified atom stereocenters. The van der Waals surface area contributed by atoms with Gasteiger partial charge in [-0.2, -0.15) is 5.10 Å². The van der Waals surface area contributed by atoms with E-state index in [1.165, 1.54) is 6.20 Å². The summed E-state index contributed by atoms with van der Waals surface area (Å²) in [6.07, 6.45) is 6.14. The number of aromatic nitrogens is 5. The molecule has 3 aromatic heterocycles. The van der Waals surface area contributed by atoms with E-state index >= 15 is 0 Å².